The molecule has 1 aliphatic rings. The molecule has 1 fully saturated rings. The molecule has 2 heterocycles. The Hall–Kier alpha value is -3.20. The number of benzene rings is 2. The Kier molecular flexibility index (Phi) is 6.49. The Morgan fingerprint density at radius 2 is 1.74 bits per heavy atom. The Labute approximate surface area is 199 Å². The van der Waals surface area contributed by atoms with Gasteiger partial charge in [-0.3, -0.25) is 4.79 Å². The van der Waals surface area contributed by atoms with Crippen LogP contribution in [-0.4, -0.2) is 58.1 Å². The highest BCUT2D eigenvalue weighted by atomic mass is 32.2. The summed E-state index contributed by atoms with van der Waals surface area (Å²) in [6.45, 7) is 3.99. The highest BCUT2D eigenvalue weighted by molar-refractivity contribution is 7.91. The van der Waals surface area contributed by atoms with Gasteiger partial charge in [-0.25, -0.2) is 8.42 Å². The average Bonchev–Trinajstić information content (AvgIpc) is 3.34. The number of hydrogen-bond acceptors (Lipinski definition) is 7. The molecule has 1 atom stereocenters. The van der Waals surface area contributed by atoms with E-state index in [0.717, 1.165) is 22.1 Å². The first-order valence-corrected chi connectivity index (χ1v) is 12.8. The number of aryl methyl sites for hydroxylation is 2. The maximum Gasteiger partial charge on any atom is 0.290 e. The molecule has 0 radical (unpaired) electrons. The first-order chi connectivity index (χ1) is 16.2. The zero-order valence-corrected chi connectivity index (χ0v) is 20.8. The predicted octanol–water partition coefficient (Wildman–Crippen LogP) is 3.90. The lowest BCUT2D eigenvalue weighted by Gasteiger charge is -2.28. The Balaban J connectivity index is 1.77. The molecule has 1 aliphatic heterocycles. The molecular weight excluding hydrogens is 458 g/mol. The molecule has 0 N–H and O–H groups in total. The van der Waals surface area contributed by atoms with Gasteiger partial charge in [0.15, 0.2) is 27.1 Å². The van der Waals surface area contributed by atoms with Crippen LogP contribution in [0.1, 0.15) is 33.7 Å². The van der Waals surface area contributed by atoms with Gasteiger partial charge in [0.05, 0.1) is 32.8 Å². The molecule has 3 aromatic rings. The smallest absolute Gasteiger partial charge is 0.290 e. The third kappa shape index (κ3) is 4.44. The summed E-state index contributed by atoms with van der Waals surface area (Å²) in [5.41, 5.74) is 3.14. The molecule has 4 rings (SSSR count). The second-order valence-corrected chi connectivity index (χ2v) is 10.8. The van der Waals surface area contributed by atoms with Crippen LogP contribution in [0.2, 0.25) is 0 Å². The first kappa shape index (κ1) is 23.9. The van der Waals surface area contributed by atoms with Crippen LogP contribution in [0.4, 0.5) is 0 Å². The summed E-state index contributed by atoms with van der Waals surface area (Å²) in [6, 6.07) is 8.81. The fourth-order valence-electron chi connectivity index (χ4n) is 4.48. The van der Waals surface area contributed by atoms with Crippen LogP contribution in [0, 0.1) is 13.8 Å². The highest BCUT2D eigenvalue weighted by Crippen LogP contribution is 2.39. The molecule has 0 saturated carbocycles. The van der Waals surface area contributed by atoms with E-state index in [1.165, 1.54) is 21.3 Å². The number of sulfone groups is 1. The summed E-state index contributed by atoms with van der Waals surface area (Å²) in [7, 11) is 1.34. The fourth-order valence-corrected chi connectivity index (χ4v) is 6.21. The Morgan fingerprint density at radius 3 is 2.29 bits per heavy atom. The molecule has 1 unspecified atom stereocenters. The van der Waals surface area contributed by atoms with Crippen molar-refractivity contribution in [3.8, 4) is 17.2 Å². The molecule has 0 aliphatic carbocycles. The van der Waals surface area contributed by atoms with Crippen molar-refractivity contribution in [1.82, 2.24) is 4.90 Å². The molecule has 34 heavy (non-hydrogen) atoms. The summed E-state index contributed by atoms with van der Waals surface area (Å²) in [5, 5.41) is 0.870. The highest BCUT2D eigenvalue weighted by Gasteiger charge is 2.37. The number of amides is 1. The summed E-state index contributed by atoms with van der Waals surface area (Å²) < 4.78 is 46.8. The van der Waals surface area contributed by atoms with Gasteiger partial charge in [0, 0.05) is 23.5 Å². The second kappa shape index (κ2) is 9.21. The number of nitrogens with zero attached hydrogens (tertiary/aromatic N) is 1. The largest absolute Gasteiger partial charge is 0.493 e. The quantitative estimate of drug-likeness (QED) is 0.499. The average molecular weight is 488 g/mol. The molecule has 1 saturated heterocycles. The van der Waals surface area contributed by atoms with E-state index in [1.807, 2.05) is 32.0 Å². The molecular formula is C25H29NO7S. The monoisotopic (exact) mass is 487 g/mol. The summed E-state index contributed by atoms with van der Waals surface area (Å²) in [6.07, 6.45) is 0.372. The van der Waals surface area contributed by atoms with Gasteiger partial charge in [-0.2, -0.15) is 0 Å². The number of fused-ring (bicyclic) bond motifs is 1. The van der Waals surface area contributed by atoms with Gasteiger partial charge in [-0.1, -0.05) is 11.6 Å². The van der Waals surface area contributed by atoms with Crippen molar-refractivity contribution >= 4 is 26.7 Å². The van der Waals surface area contributed by atoms with Crippen LogP contribution in [0.5, 0.6) is 17.2 Å². The van der Waals surface area contributed by atoms with Gasteiger partial charge < -0.3 is 23.5 Å². The van der Waals surface area contributed by atoms with Crippen LogP contribution in [0.15, 0.2) is 34.7 Å². The maximum atomic E-state index is 13.8. The fraction of sp³-hybridized carbons (Fsp3) is 0.400. The topological polar surface area (TPSA) is 95.3 Å². The minimum atomic E-state index is -3.22. The van der Waals surface area contributed by atoms with E-state index >= 15 is 0 Å². The van der Waals surface area contributed by atoms with E-state index < -0.39 is 15.9 Å². The standard InChI is InChI=1S/C25H29NO7S/c1-15-6-7-20-19(10-15)16(2)23(33-20)25(27)26(18-8-9-34(28,29)14-18)13-17-11-21(30-3)24(32-5)22(12-17)31-4/h6-7,10-12,18H,8-9,13-14H2,1-5H3. The van der Waals surface area contributed by atoms with Crippen LogP contribution in [0.3, 0.4) is 0 Å². The van der Waals surface area contributed by atoms with Crippen molar-refractivity contribution < 1.29 is 31.8 Å². The van der Waals surface area contributed by atoms with Crippen LogP contribution < -0.4 is 14.2 Å². The predicted molar refractivity (Wildman–Crippen MR) is 129 cm³/mol. The number of hydrogen-bond donors (Lipinski definition) is 0. The molecule has 8 nitrogen and oxygen atoms in total. The minimum Gasteiger partial charge on any atom is -0.493 e. The van der Waals surface area contributed by atoms with Crippen molar-refractivity contribution in [2.45, 2.75) is 32.9 Å². The van der Waals surface area contributed by atoms with Crippen LogP contribution >= 0.6 is 0 Å². The van der Waals surface area contributed by atoms with E-state index in [1.54, 1.807) is 17.0 Å². The molecule has 1 amide bonds. The number of furan rings is 1. The van der Waals surface area contributed by atoms with Crippen molar-refractivity contribution in [2.75, 3.05) is 32.8 Å². The lowest BCUT2D eigenvalue weighted by atomic mass is 10.1. The van der Waals surface area contributed by atoms with Crippen molar-refractivity contribution in [1.29, 1.82) is 0 Å². The Morgan fingerprint density at radius 1 is 1.06 bits per heavy atom. The van der Waals surface area contributed by atoms with E-state index in [-0.39, 0.29) is 29.7 Å². The summed E-state index contributed by atoms with van der Waals surface area (Å²) in [4.78, 5) is 15.4. The maximum absolute atomic E-state index is 13.8. The molecule has 9 heteroatoms. The number of rotatable bonds is 7. The van der Waals surface area contributed by atoms with E-state index in [2.05, 4.69) is 0 Å². The lowest BCUT2D eigenvalue weighted by Crippen LogP contribution is -2.40. The van der Waals surface area contributed by atoms with Crippen molar-refractivity contribution in [3.63, 3.8) is 0 Å². The van der Waals surface area contributed by atoms with Crippen LogP contribution in [0.25, 0.3) is 11.0 Å². The SMILES string of the molecule is COc1cc(CN(C(=O)c2oc3ccc(C)cc3c2C)C2CCS(=O)(=O)C2)cc(OC)c1OC. The van der Waals surface area contributed by atoms with E-state index in [9.17, 15) is 13.2 Å². The van der Waals surface area contributed by atoms with Gasteiger partial charge in [0.25, 0.3) is 5.91 Å². The second-order valence-electron chi connectivity index (χ2n) is 8.58. The number of methoxy groups -OCH3 is 3. The molecule has 0 spiro atoms. The number of ether oxygens (including phenoxy) is 3. The van der Waals surface area contributed by atoms with Crippen LogP contribution in [-0.2, 0) is 16.4 Å². The third-order valence-corrected chi connectivity index (χ3v) is 8.02. The van der Waals surface area contributed by atoms with E-state index in [0.29, 0.717) is 29.3 Å². The molecule has 1 aromatic heterocycles. The lowest BCUT2D eigenvalue weighted by molar-refractivity contribution is 0.0649. The van der Waals surface area contributed by atoms with Crippen molar-refractivity contribution in [3.05, 3.63) is 52.8 Å². The first-order valence-electron chi connectivity index (χ1n) is 11.0. The third-order valence-electron chi connectivity index (χ3n) is 6.27. The summed E-state index contributed by atoms with van der Waals surface area (Å²) >= 11 is 0. The van der Waals surface area contributed by atoms with Gasteiger partial charge in [0.2, 0.25) is 5.75 Å². The van der Waals surface area contributed by atoms with Gasteiger partial charge in [0.1, 0.15) is 5.58 Å². The summed E-state index contributed by atoms with van der Waals surface area (Å²) in [5.74, 6) is 1.20. The van der Waals surface area contributed by atoms with Gasteiger partial charge in [-0.05, 0) is 50.1 Å². The Bertz CT molecular complexity index is 1320. The van der Waals surface area contributed by atoms with Crippen molar-refractivity contribution in [2.24, 2.45) is 0 Å². The van der Waals surface area contributed by atoms with Gasteiger partial charge >= 0.3 is 0 Å². The van der Waals surface area contributed by atoms with Gasteiger partial charge in [-0.15, -0.1) is 0 Å². The zero-order chi connectivity index (χ0) is 24.6. The molecule has 182 valence electrons. The normalized spacial score (nSPS) is 17.0. The number of carbonyl (C=O) groups is 1. The number of carbonyl (C=O) groups excluding carboxylic acids is 1. The zero-order valence-electron chi connectivity index (χ0n) is 20.0. The minimum absolute atomic E-state index is 0.0506. The molecule has 0 bridgehead atoms. The molecule has 2 aromatic carbocycles. The van der Waals surface area contributed by atoms with E-state index in [4.69, 9.17) is 18.6 Å².